The summed E-state index contributed by atoms with van der Waals surface area (Å²) < 4.78 is 13.9. The van der Waals surface area contributed by atoms with Crippen molar-refractivity contribution in [1.29, 1.82) is 0 Å². The maximum Gasteiger partial charge on any atom is 0.276 e. The summed E-state index contributed by atoms with van der Waals surface area (Å²) in [6, 6.07) is 12.3. The summed E-state index contributed by atoms with van der Waals surface area (Å²) in [5, 5.41) is 6.11. The molecule has 0 radical (unpaired) electrons. The number of nitrogens with zero attached hydrogens (tertiary/aromatic N) is 4. The van der Waals surface area contributed by atoms with E-state index in [0.717, 1.165) is 48.6 Å². The highest BCUT2D eigenvalue weighted by Gasteiger charge is 2.39. The molecule has 1 aromatic carbocycles. The van der Waals surface area contributed by atoms with Crippen LogP contribution in [0.1, 0.15) is 42.7 Å². The van der Waals surface area contributed by atoms with E-state index in [2.05, 4.69) is 25.5 Å². The third-order valence-electron chi connectivity index (χ3n) is 6.96. The summed E-state index contributed by atoms with van der Waals surface area (Å²) in [4.78, 5) is 36.8. The van der Waals surface area contributed by atoms with Crippen LogP contribution in [0.25, 0.3) is 0 Å². The molecule has 2 amide bonds. The SMILES string of the molecule is CC1(C)CN(C(=O)c2cc(N3CCC(Nc4cccnc4NC=O)CC3)ccn2)c2ccc(F)cc21. The fourth-order valence-electron chi connectivity index (χ4n) is 5.10. The second kappa shape index (κ2) is 9.56. The van der Waals surface area contributed by atoms with Crippen molar-refractivity contribution in [3.8, 4) is 0 Å². The van der Waals surface area contributed by atoms with E-state index in [0.29, 0.717) is 24.5 Å². The highest BCUT2D eigenvalue weighted by molar-refractivity contribution is 6.07. The molecule has 0 bridgehead atoms. The van der Waals surface area contributed by atoms with Crippen molar-refractivity contribution in [2.75, 3.05) is 40.1 Å². The van der Waals surface area contributed by atoms with Gasteiger partial charge in [-0.05, 0) is 60.9 Å². The lowest BCUT2D eigenvalue weighted by molar-refractivity contribution is -0.105. The number of nitrogens with one attached hydrogen (secondary N) is 2. The van der Waals surface area contributed by atoms with Gasteiger partial charge in [0.2, 0.25) is 6.41 Å². The maximum atomic E-state index is 13.9. The quantitative estimate of drug-likeness (QED) is 0.506. The first-order valence-electron chi connectivity index (χ1n) is 12.1. The molecule has 2 aliphatic heterocycles. The highest BCUT2D eigenvalue weighted by atomic mass is 19.1. The number of amides is 2. The number of carbonyl (C=O) groups is 2. The molecule has 36 heavy (non-hydrogen) atoms. The van der Waals surface area contributed by atoms with Crippen LogP contribution in [0.15, 0.2) is 54.9 Å². The molecule has 0 spiro atoms. The normalized spacial score (nSPS) is 17.0. The lowest BCUT2D eigenvalue weighted by Crippen LogP contribution is -2.39. The van der Waals surface area contributed by atoms with E-state index in [-0.39, 0.29) is 23.2 Å². The van der Waals surface area contributed by atoms with E-state index in [1.165, 1.54) is 12.1 Å². The number of anilines is 4. The standard InChI is InChI=1S/C27H29FN6O2/c1-27(2)16-34(24-6-5-18(28)14-21(24)27)26(36)23-15-20(7-11-29-23)33-12-8-19(9-13-33)32-22-4-3-10-30-25(22)31-17-35/h3-7,10-11,14-15,17,19,32H,8-9,12-13,16H2,1-2H3,(H,30,31,35). The smallest absolute Gasteiger partial charge is 0.276 e. The first-order valence-corrected chi connectivity index (χ1v) is 12.1. The van der Waals surface area contributed by atoms with Crippen LogP contribution >= 0.6 is 0 Å². The van der Waals surface area contributed by atoms with Crippen LogP contribution in [0, 0.1) is 5.82 Å². The van der Waals surface area contributed by atoms with Gasteiger partial charge in [0.05, 0.1) is 5.69 Å². The zero-order valence-electron chi connectivity index (χ0n) is 20.4. The van der Waals surface area contributed by atoms with Crippen molar-refractivity contribution in [2.45, 2.75) is 38.1 Å². The van der Waals surface area contributed by atoms with E-state index < -0.39 is 0 Å². The number of hydrogen-bond acceptors (Lipinski definition) is 6. The molecule has 0 atom stereocenters. The van der Waals surface area contributed by atoms with Crippen LogP contribution in [-0.4, -0.2) is 48.0 Å². The molecule has 2 aromatic heterocycles. The van der Waals surface area contributed by atoms with Crippen molar-refractivity contribution < 1.29 is 14.0 Å². The summed E-state index contributed by atoms with van der Waals surface area (Å²) in [5.41, 5.74) is 3.36. The van der Waals surface area contributed by atoms with Crippen molar-refractivity contribution in [3.63, 3.8) is 0 Å². The number of halogens is 1. The Kier molecular flexibility index (Phi) is 6.30. The molecule has 1 fully saturated rings. The lowest BCUT2D eigenvalue weighted by atomic mass is 9.87. The summed E-state index contributed by atoms with van der Waals surface area (Å²) in [5.74, 6) is 0.0362. The van der Waals surface area contributed by atoms with Crippen LogP contribution in [0.5, 0.6) is 0 Å². The van der Waals surface area contributed by atoms with Crippen molar-refractivity contribution in [3.05, 3.63) is 71.9 Å². The van der Waals surface area contributed by atoms with Gasteiger partial charge in [-0.25, -0.2) is 9.37 Å². The molecule has 0 unspecified atom stereocenters. The number of fused-ring (bicyclic) bond motifs is 1. The average molecular weight is 489 g/mol. The molecule has 0 aliphatic carbocycles. The van der Waals surface area contributed by atoms with Gasteiger partial charge >= 0.3 is 0 Å². The Balaban J connectivity index is 1.27. The first kappa shape index (κ1) is 23.7. The summed E-state index contributed by atoms with van der Waals surface area (Å²) >= 11 is 0. The second-order valence-electron chi connectivity index (χ2n) is 9.90. The van der Waals surface area contributed by atoms with Crippen LogP contribution in [0.4, 0.5) is 27.3 Å². The fourth-order valence-corrected chi connectivity index (χ4v) is 5.10. The molecule has 186 valence electrons. The topological polar surface area (TPSA) is 90.5 Å². The van der Waals surface area contributed by atoms with E-state index in [9.17, 15) is 14.0 Å². The van der Waals surface area contributed by atoms with E-state index in [1.807, 2.05) is 38.1 Å². The molecule has 8 nitrogen and oxygen atoms in total. The molecular formula is C27H29FN6O2. The Morgan fingerprint density at radius 2 is 1.92 bits per heavy atom. The van der Waals surface area contributed by atoms with Crippen LogP contribution in [0.2, 0.25) is 0 Å². The van der Waals surface area contributed by atoms with Gasteiger partial charge in [0.15, 0.2) is 5.82 Å². The van der Waals surface area contributed by atoms with E-state index in [4.69, 9.17) is 0 Å². The van der Waals surface area contributed by atoms with Gasteiger partial charge < -0.3 is 20.4 Å². The van der Waals surface area contributed by atoms with Gasteiger partial charge in [0.1, 0.15) is 11.5 Å². The van der Waals surface area contributed by atoms with E-state index >= 15 is 0 Å². The maximum absolute atomic E-state index is 13.9. The fraction of sp³-hybridized carbons (Fsp3) is 0.333. The number of carbonyl (C=O) groups excluding carboxylic acids is 2. The van der Waals surface area contributed by atoms with Crippen LogP contribution < -0.4 is 20.4 Å². The molecular weight excluding hydrogens is 459 g/mol. The highest BCUT2D eigenvalue weighted by Crippen LogP contribution is 2.41. The largest absolute Gasteiger partial charge is 0.379 e. The minimum Gasteiger partial charge on any atom is -0.379 e. The van der Waals surface area contributed by atoms with Gasteiger partial charge in [-0.1, -0.05) is 13.8 Å². The molecule has 3 aromatic rings. The minimum atomic E-state index is -0.338. The average Bonchev–Trinajstić information content (AvgIpc) is 3.15. The zero-order valence-corrected chi connectivity index (χ0v) is 20.4. The number of rotatable bonds is 6. The Bertz CT molecular complexity index is 1290. The molecule has 4 heterocycles. The Morgan fingerprint density at radius 3 is 2.69 bits per heavy atom. The predicted octanol–water partition coefficient (Wildman–Crippen LogP) is 4.20. The summed E-state index contributed by atoms with van der Waals surface area (Å²) in [7, 11) is 0. The molecule has 9 heteroatoms. The van der Waals surface area contributed by atoms with Gasteiger partial charge in [0.25, 0.3) is 5.91 Å². The molecule has 0 saturated carbocycles. The third kappa shape index (κ3) is 4.60. The Morgan fingerprint density at radius 1 is 1.11 bits per heavy atom. The number of aromatic nitrogens is 2. The Hall–Kier alpha value is -4.01. The van der Waals surface area contributed by atoms with Crippen molar-refractivity contribution in [1.82, 2.24) is 9.97 Å². The number of benzene rings is 1. The van der Waals surface area contributed by atoms with Crippen LogP contribution in [0.3, 0.4) is 0 Å². The lowest BCUT2D eigenvalue weighted by Gasteiger charge is -2.34. The minimum absolute atomic E-state index is 0.182. The summed E-state index contributed by atoms with van der Waals surface area (Å²) in [6.07, 6.45) is 5.72. The third-order valence-corrected chi connectivity index (χ3v) is 6.96. The van der Waals surface area contributed by atoms with Gasteiger partial charge in [-0.2, -0.15) is 0 Å². The number of piperidine rings is 1. The molecule has 5 rings (SSSR count). The number of pyridine rings is 2. The molecule has 1 saturated heterocycles. The van der Waals surface area contributed by atoms with Gasteiger partial charge in [0, 0.05) is 54.9 Å². The van der Waals surface area contributed by atoms with Crippen molar-refractivity contribution >= 4 is 35.2 Å². The molecule has 2 aliphatic rings. The summed E-state index contributed by atoms with van der Waals surface area (Å²) in [6.45, 7) is 6.13. The first-order chi connectivity index (χ1) is 17.4. The van der Waals surface area contributed by atoms with Crippen LogP contribution in [-0.2, 0) is 10.2 Å². The van der Waals surface area contributed by atoms with Gasteiger partial charge in [-0.3, -0.25) is 14.6 Å². The van der Waals surface area contributed by atoms with Crippen molar-refractivity contribution in [2.24, 2.45) is 0 Å². The van der Waals surface area contributed by atoms with Gasteiger partial charge in [-0.15, -0.1) is 0 Å². The number of hydrogen-bond donors (Lipinski definition) is 2. The molecule has 2 N–H and O–H groups in total. The Labute approximate surface area is 209 Å². The predicted molar refractivity (Wildman–Crippen MR) is 138 cm³/mol. The monoisotopic (exact) mass is 488 g/mol. The zero-order chi connectivity index (χ0) is 25.3. The second-order valence-corrected chi connectivity index (χ2v) is 9.90. The van der Waals surface area contributed by atoms with E-state index in [1.54, 1.807) is 23.4 Å².